The van der Waals surface area contributed by atoms with Crippen LogP contribution in [0, 0.1) is 29.1 Å². The monoisotopic (exact) mass is 235 g/mol. The van der Waals surface area contributed by atoms with Gasteiger partial charge in [0, 0.05) is 0 Å². The average Bonchev–Trinajstić information content (AvgIpc) is 2.27. The number of rotatable bonds is 5. The number of unbranched alkanes of at least 4 members (excludes halogenated alkanes) is 1. The molecular formula is C16H29N. The summed E-state index contributed by atoms with van der Waals surface area (Å²) < 4.78 is 0. The zero-order valence-electron chi connectivity index (χ0n) is 11.5. The second kappa shape index (κ2) is 4.57. The van der Waals surface area contributed by atoms with E-state index in [2.05, 4.69) is 6.92 Å². The van der Waals surface area contributed by atoms with Gasteiger partial charge in [0.2, 0.25) is 0 Å². The first-order valence-corrected chi connectivity index (χ1v) is 7.96. The van der Waals surface area contributed by atoms with Crippen LogP contribution in [-0.4, -0.2) is 6.54 Å². The summed E-state index contributed by atoms with van der Waals surface area (Å²) >= 11 is 0. The van der Waals surface area contributed by atoms with Crippen molar-refractivity contribution in [3.05, 3.63) is 0 Å². The van der Waals surface area contributed by atoms with E-state index in [9.17, 15) is 0 Å². The molecule has 0 aromatic carbocycles. The van der Waals surface area contributed by atoms with E-state index >= 15 is 0 Å². The van der Waals surface area contributed by atoms with Crippen molar-refractivity contribution in [3.63, 3.8) is 0 Å². The van der Waals surface area contributed by atoms with Gasteiger partial charge in [-0.1, -0.05) is 19.8 Å². The van der Waals surface area contributed by atoms with Gasteiger partial charge in [0.05, 0.1) is 0 Å². The summed E-state index contributed by atoms with van der Waals surface area (Å²) in [4.78, 5) is 0. The highest BCUT2D eigenvalue weighted by Gasteiger charge is 2.53. The zero-order chi connectivity index (χ0) is 11.9. The Morgan fingerprint density at radius 1 is 1.06 bits per heavy atom. The largest absolute Gasteiger partial charge is 0.330 e. The van der Waals surface area contributed by atoms with E-state index in [1.54, 1.807) is 19.3 Å². The molecule has 0 radical (unpaired) electrons. The maximum absolute atomic E-state index is 6.13. The molecular weight excluding hydrogens is 206 g/mol. The van der Waals surface area contributed by atoms with Gasteiger partial charge in [0.25, 0.3) is 0 Å². The quantitative estimate of drug-likeness (QED) is 0.766. The van der Waals surface area contributed by atoms with Crippen LogP contribution >= 0.6 is 0 Å². The molecule has 0 aliphatic heterocycles. The van der Waals surface area contributed by atoms with Crippen LogP contribution in [0.3, 0.4) is 0 Å². The fourth-order valence-corrected chi connectivity index (χ4v) is 5.80. The topological polar surface area (TPSA) is 26.0 Å². The lowest BCUT2D eigenvalue weighted by molar-refractivity contribution is -0.0871. The van der Waals surface area contributed by atoms with Crippen molar-refractivity contribution in [1.82, 2.24) is 0 Å². The Kier molecular flexibility index (Phi) is 3.23. The summed E-state index contributed by atoms with van der Waals surface area (Å²) in [5, 5.41) is 0. The van der Waals surface area contributed by atoms with E-state index in [0.717, 1.165) is 30.2 Å². The van der Waals surface area contributed by atoms with Crippen molar-refractivity contribution in [2.24, 2.45) is 34.8 Å². The van der Waals surface area contributed by atoms with Gasteiger partial charge >= 0.3 is 0 Å². The zero-order valence-corrected chi connectivity index (χ0v) is 11.5. The van der Waals surface area contributed by atoms with E-state index < -0.39 is 0 Å². The number of nitrogens with two attached hydrogens (primary N) is 1. The molecule has 4 aliphatic carbocycles. The van der Waals surface area contributed by atoms with Gasteiger partial charge in [0.1, 0.15) is 0 Å². The average molecular weight is 235 g/mol. The van der Waals surface area contributed by atoms with Gasteiger partial charge in [-0.05, 0) is 80.6 Å². The molecule has 4 fully saturated rings. The normalized spacial score (nSPS) is 45.2. The minimum atomic E-state index is 0.693. The van der Waals surface area contributed by atoms with Crippen LogP contribution in [0.5, 0.6) is 0 Å². The molecule has 0 amide bonds. The van der Waals surface area contributed by atoms with Crippen LogP contribution < -0.4 is 5.73 Å². The minimum absolute atomic E-state index is 0.693. The molecule has 2 N–H and O–H groups in total. The van der Waals surface area contributed by atoms with Gasteiger partial charge in [-0.2, -0.15) is 0 Å². The highest BCUT2D eigenvalue weighted by atomic mass is 14.6. The van der Waals surface area contributed by atoms with E-state index in [1.807, 2.05) is 0 Å². The maximum atomic E-state index is 6.13. The van der Waals surface area contributed by atoms with Crippen molar-refractivity contribution >= 4 is 0 Å². The lowest BCUT2D eigenvalue weighted by Gasteiger charge is -2.59. The number of hydrogen-bond acceptors (Lipinski definition) is 1. The SMILES string of the molecule is CCCCC(CN)C12CC3CC(CC(C3)C1)C2. The van der Waals surface area contributed by atoms with E-state index in [0.29, 0.717) is 5.41 Å². The Labute approximate surface area is 107 Å². The van der Waals surface area contributed by atoms with Crippen molar-refractivity contribution in [2.45, 2.75) is 64.7 Å². The minimum Gasteiger partial charge on any atom is -0.330 e. The molecule has 1 nitrogen and oxygen atoms in total. The molecule has 17 heavy (non-hydrogen) atoms. The molecule has 4 saturated carbocycles. The van der Waals surface area contributed by atoms with Gasteiger partial charge in [0.15, 0.2) is 0 Å². The molecule has 0 aromatic heterocycles. The van der Waals surface area contributed by atoms with Crippen molar-refractivity contribution in [3.8, 4) is 0 Å². The van der Waals surface area contributed by atoms with Crippen LogP contribution in [0.4, 0.5) is 0 Å². The summed E-state index contributed by atoms with van der Waals surface area (Å²) in [6.45, 7) is 3.26. The van der Waals surface area contributed by atoms with Crippen LogP contribution in [0.2, 0.25) is 0 Å². The van der Waals surface area contributed by atoms with Gasteiger partial charge in [-0.15, -0.1) is 0 Å². The van der Waals surface area contributed by atoms with Crippen molar-refractivity contribution in [2.75, 3.05) is 6.54 Å². The van der Waals surface area contributed by atoms with Crippen LogP contribution in [0.15, 0.2) is 0 Å². The second-order valence-electron chi connectivity index (χ2n) is 7.35. The Morgan fingerprint density at radius 3 is 2.00 bits per heavy atom. The molecule has 1 heteroatoms. The molecule has 1 atom stereocenters. The highest BCUT2D eigenvalue weighted by molar-refractivity contribution is 5.04. The van der Waals surface area contributed by atoms with Crippen molar-refractivity contribution < 1.29 is 0 Å². The molecule has 0 heterocycles. The standard InChI is InChI=1S/C16H29N/c1-2-3-4-15(11-17)16-8-12-5-13(9-16)7-14(6-12)10-16/h12-15H,2-11,17H2,1H3. The predicted octanol–water partition coefficient (Wildman–Crippen LogP) is 3.97. The fourth-order valence-electron chi connectivity index (χ4n) is 5.80. The Bertz CT molecular complexity index is 235. The third-order valence-corrected chi connectivity index (χ3v) is 6.14. The summed E-state index contributed by atoms with van der Waals surface area (Å²) in [5.74, 6) is 4.08. The Morgan fingerprint density at radius 2 is 1.59 bits per heavy atom. The van der Waals surface area contributed by atoms with E-state index in [-0.39, 0.29) is 0 Å². The smallest absolute Gasteiger partial charge is 0.00435 e. The molecule has 0 spiro atoms. The fraction of sp³-hybridized carbons (Fsp3) is 1.00. The summed E-state index contributed by atoms with van der Waals surface area (Å²) in [5.41, 5.74) is 6.83. The van der Waals surface area contributed by atoms with Crippen LogP contribution in [0.1, 0.15) is 64.7 Å². The van der Waals surface area contributed by atoms with E-state index in [1.165, 1.54) is 38.5 Å². The Hall–Kier alpha value is -0.0400. The summed E-state index contributed by atoms with van der Waals surface area (Å²) in [6, 6.07) is 0. The molecule has 4 aliphatic rings. The van der Waals surface area contributed by atoms with Gasteiger partial charge in [-0.25, -0.2) is 0 Å². The predicted molar refractivity (Wildman–Crippen MR) is 72.7 cm³/mol. The first-order valence-electron chi connectivity index (χ1n) is 7.96. The van der Waals surface area contributed by atoms with Crippen molar-refractivity contribution in [1.29, 1.82) is 0 Å². The van der Waals surface area contributed by atoms with Crippen LogP contribution in [0.25, 0.3) is 0 Å². The first-order chi connectivity index (χ1) is 8.25. The Balaban J connectivity index is 1.75. The molecule has 4 bridgehead atoms. The molecule has 1 unspecified atom stereocenters. The third kappa shape index (κ3) is 2.05. The maximum Gasteiger partial charge on any atom is -0.00435 e. The first kappa shape index (κ1) is 12.0. The summed E-state index contributed by atoms with van der Waals surface area (Å²) in [7, 11) is 0. The van der Waals surface area contributed by atoms with Gasteiger partial charge in [-0.3, -0.25) is 0 Å². The molecule has 0 saturated heterocycles. The van der Waals surface area contributed by atoms with Crippen LogP contribution in [-0.2, 0) is 0 Å². The molecule has 0 aromatic rings. The van der Waals surface area contributed by atoms with Gasteiger partial charge < -0.3 is 5.73 Å². The lowest BCUT2D eigenvalue weighted by atomic mass is 9.46. The molecule has 98 valence electrons. The lowest BCUT2D eigenvalue weighted by Crippen LogP contribution is -2.51. The third-order valence-electron chi connectivity index (χ3n) is 6.14. The summed E-state index contributed by atoms with van der Waals surface area (Å²) in [6.07, 6.45) is 13.4. The number of hydrogen-bond donors (Lipinski definition) is 1. The highest BCUT2D eigenvalue weighted by Crippen LogP contribution is 2.63. The molecule has 4 rings (SSSR count). The van der Waals surface area contributed by atoms with E-state index in [4.69, 9.17) is 5.73 Å². The second-order valence-corrected chi connectivity index (χ2v) is 7.35.